The van der Waals surface area contributed by atoms with Crippen molar-refractivity contribution in [3.05, 3.63) is 0 Å². The van der Waals surface area contributed by atoms with Crippen LogP contribution in [0.2, 0.25) is 0 Å². The largest absolute Gasteiger partial charge is 0.379 e. The summed E-state index contributed by atoms with van der Waals surface area (Å²) in [5, 5.41) is 0. The molecule has 0 aromatic carbocycles. The molecule has 0 aliphatic heterocycles. The fourth-order valence-corrected chi connectivity index (χ4v) is 1.60. The van der Waals surface area contributed by atoms with E-state index in [0.717, 1.165) is 51.9 Å². The highest BCUT2D eigenvalue weighted by atomic mass is 16.5. The van der Waals surface area contributed by atoms with Crippen molar-refractivity contribution in [3.63, 3.8) is 0 Å². The highest BCUT2D eigenvalue weighted by Gasteiger charge is 2.04. The monoisotopic (exact) mass is 246 g/mol. The first-order valence-corrected chi connectivity index (χ1v) is 6.84. The fourth-order valence-electron chi connectivity index (χ4n) is 1.60. The van der Waals surface area contributed by atoms with Crippen LogP contribution in [0.5, 0.6) is 0 Å². The van der Waals surface area contributed by atoms with Gasteiger partial charge in [0.25, 0.3) is 0 Å². The molecule has 2 unspecified atom stereocenters. The van der Waals surface area contributed by atoms with Crippen molar-refractivity contribution < 1.29 is 9.47 Å². The van der Waals surface area contributed by atoms with Gasteiger partial charge < -0.3 is 20.9 Å². The summed E-state index contributed by atoms with van der Waals surface area (Å²) >= 11 is 0. The molecule has 0 fully saturated rings. The van der Waals surface area contributed by atoms with Crippen LogP contribution in [0.15, 0.2) is 0 Å². The summed E-state index contributed by atoms with van der Waals surface area (Å²) in [6, 6.07) is 0. The number of ether oxygens (including phenoxy) is 2. The van der Waals surface area contributed by atoms with Crippen molar-refractivity contribution in [1.82, 2.24) is 0 Å². The smallest absolute Gasteiger partial charge is 0.0547 e. The van der Waals surface area contributed by atoms with Gasteiger partial charge in [-0.1, -0.05) is 0 Å². The van der Waals surface area contributed by atoms with E-state index in [0.29, 0.717) is 18.8 Å². The molecule has 0 heterocycles. The van der Waals surface area contributed by atoms with E-state index in [9.17, 15) is 0 Å². The summed E-state index contributed by atoms with van der Waals surface area (Å²) in [6.45, 7) is 7.25. The maximum atomic E-state index is 5.69. The molecule has 4 N–H and O–H groups in total. The molecule has 4 heteroatoms. The molecule has 0 bridgehead atoms. The van der Waals surface area contributed by atoms with E-state index >= 15 is 0 Å². The second kappa shape index (κ2) is 12.3. The van der Waals surface area contributed by atoms with Gasteiger partial charge in [-0.2, -0.15) is 0 Å². The van der Waals surface area contributed by atoms with Gasteiger partial charge in [-0.3, -0.25) is 0 Å². The van der Waals surface area contributed by atoms with Gasteiger partial charge in [0, 0.05) is 13.2 Å². The Labute approximate surface area is 106 Å². The van der Waals surface area contributed by atoms with E-state index in [4.69, 9.17) is 20.9 Å². The Bertz CT molecular complexity index is 156. The molecule has 0 radical (unpaired) electrons. The molecule has 0 aliphatic rings. The van der Waals surface area contributed by atoms with Gasteiger partial charge in [-0.25, -0.2) is 0 Å². The van der Waals surface area contributed by atoms with E-state index in [1.54, 1.807) is 0 Å². The second-order valence-corrected chi connectivity index (χ2v) is 4.58. The van der Waals surface area contributed by atoms with E-state index in [1.807, 2.05) is 0 Å². The van der Waals surface area contributed by atoms with Crippen molar-refractivity contribution in [2.75, 3.05) is 26.3 Å². The predicted octanol–water partition coefficient (Wildman–Crippen LogP) is 1.66. The van der Waals surface area contributed by atoms with Crippen LogP contribution in [0.4, 0.5) is 0 Å². The highest BCUT2D eigenvalue weighted by Crippen LogP contribution is 2.05. The number of nitrogens with two attached hydrogens (primary N) is 2. The Balaban J connectivity index is 3.25. The summed E-state index contributed by atoms with van der Waals surface area (Å²) in [4.78, 5) is 0. The lowest BCUT2D eigenvalue weighted by molar-refractivity contribution is 0.0305. The molecule has 0 aromatic rings. The number of hydrogen-bond donors (Lipinski definition) is 2. The van der Waals surface area contributed by atoms with Gasteiger partial charge in [-0.15, -0.1) is 0 Å². The predicted molar refractivity (Wildman–Crippen MR) is 72.0 cm³/mol. The lowest BCUT2D eigenvalue weighted by Gasteiger charge is -2.15. The van der Waals surface area contributed by atoms with Crippen LogP contribution in [0.25, 0.3) is 0 Å². The highest BCUT2D eigenvalue weighted by molar-refractivity contribution is 4.54. The van der Waals surface area contributed by atoms with E-state index in [2.05, 4.69) is 13.8 Å². The third kappa shape index (κ3) is 12.1. The van der Waals surface area contributed by atoms with Gasteiger partial charge in [0.15, 0.2) is 0 Å². The molecule has 4 nitrogen and oxygen atoms in total. The normalized spacial score (nSPS) is 14.8. The minimum atomic E-state index is 0.310. The molecule has 2 atom stereocenters. The molecular formula is C13H30N2O2. The van der Waals surface area contributed by atoms with Crippen LogP contribution < -0.4 is 11.5 Å². The molecule has 104 valence electrons. The van der Waals surface area contributed by atoms with Crippen LogP contribution in [-0.4, -0.2) is 38.5 Å². The van der Waals surface area contributed by atoms with Crippen molar-refractivity contribution in [2.45, 2.75) is 58.2 Å². The second-order valence-electron chi connectivity index (χ2n) is 4.58. The average Bonchev–Trinajstić information content (AvgIpc) is 2.32. The van der Waals surface area contributed by atoms with Gasteiger partial charge in [0.05, 0.1) is 12.2 Å². The Morgan fingerprint density at radius 2 is 1.24 bits per heavy atom. The first-order valence-electron chi connectivity index (χ1n) is 6.84. The SMILES string of the molecule is CC(CCCN)OCCCC(C)OCCCN. The fraction of sp³-hybridized carbons (Fsp3) is 1.00. The quantitative estimate of drug-likeness (QED) is 0.514. The van der Waals surface area contributed by atoms with Gasteiger partial charge in [0.1, 0.15) is 0 Å². The Kier molecular flexibility index (Phi) is 12.2. The summed E-state index contributed by atoms with van der Waals surface area (Å²) < 4.78 is 11.3. The number of hydrogen-bond acceptors (Lipinski definition) is 4. The zero-order valence-electron chi connectivity index (χ0n) is 11.5. The molecular weight excluding hydrogens is 216 g/mol. The van der Waals surface area contributed by atoms with Crippen molar-refractivity contribution >= 4 is 0 Å². The number of rotatable bonds is 12. The maximum Gasteiger partial charge on any atom is 0.0547 e. The molecule has 0 saturated carbocycles. The van der Waals surface area contributed by atoms with Gasteiger partial charge >= 0.3 is 0 Å². The topological polar surface area (TPSA) is 70.5 Å². The average molecular weight is 246 g/mol. The summed E-state index contributed by atoms with van der Waals surface area (Å²) in [5.74, 6) is 0. The first-order chi connectivity index (χ1) is 8.20. The van der Waals surface area contributed by atoms with E-state index in [-0.39, 0.29) is 0 Å². The van der Waals surface area contributed by atoms with Gasteiger partial charge in [0.2, 0.25) is 0 Å². The maximum absolute atomic E-state index is 5.69. The Morgan fingerprint density at radius 1 is 0.765 bits per heavy atom. The van der Waals surface area contributed by atoms with Crippen molar-refractivity contribution in [3.8, 4) is 0 Å². The molecule has 0 aromatic heterocycles. The van der Waals surface area contributed by atoms with Crippen LogP contribution >= 0.6 is 0 Å². The Hall–Kier alpha value is -0.160. The van der Waals surface area contributed by atoms with Crippen LogP contribution in [-0.2, 0) is 9.47 Å². The molecule has 0 aliphatic carbocycles. The summed E-state index contributed by atoms with van der Waals surface area (Å²) in [6.07, 6.45) is 5.78. The minimum absolute atomic E-state index is 0.310. The van der Waals surface area contributed by atoms with E-state index in [1.165, 1.54) is 0 Å². The van der Waals surface area contributed by atoms with Crippen LogP contribution in [0.3, 0.4) is 0 Å². The van der Waals surface area contributed by atoms with Crippen LogP contribution in [0, 0.1) is 0 Å². The summed E-state index contributed by atoms with van der Waals surface area (Å²) in [7, 11) is 0. The molecule has 0 rings (SSSR count). The molecule has 0 amide bonds. The molecule has 0 spiro atoms. The first kappa shape index (κ1) is 16.8. The Morgan fingerprint density at radius 3 is 1.76 bits per heavy atom. The molecule has 17 heavy (non-hydrogen) atoms. The lowest BCUT2D eigenvalue weighted by Crippen LogP contribution is -2.15. The van der Waals surface area contributed by atoms with Crippen molar-refractivity contribution in [1.29, 1.82) is 0 Å². The standard InChI is InChI=1S/C13H30N2O2/c1-12(6-3-8-14)16-10-4-7-13(2)17-11-5-9-15/h12-13H,3-11,14-15H2,1-2H3. The zero-order chi connectivity index (χ0) is 12.9. The summed E-state index contributed by atoms with van der Waals surface area (Å²) in [5.41, 5.74) is 10.8. The lowest BCUT2D eigenvalue weighted by atomic mass is 10.2. The van der Waals surface area contributed by atoms with E-state index < -0.39 is 0 Å². The van der Waals surface area contributed by atoms with Gasteiger partial charge in [-0.05, 0) is 59.0 Å². The third-order valence-electron chi connectivity index (χ3n) is 2.72. The minimum Gasteiger partial charge on any atom is -0.379 e. The molecule has 0 saturated heterocycles. The zero-order valence-corrected chi connectivity index (χ0v) is 11.5. The van der Waals surface area contributed by atoms with Crippen molar-refractivity contribution in [2.24, 2.45) is 11.5 Å². The third-order valence-corrected chi connectivity index (χ3v) is 2.72. The van der Waals surface area contributed by atoms with Crippen LogP contribution in [0.1, 0.15) is 46.0 Å².